The first kappa shape index (κ1) is 28.1. The molecule has 3 heterocycles. The molecular formula is C35H46N8. The van der Waals surface area contributed by atoms with Gasteiger partial charge >= 0.3 is 0 Å². The van der Waals surface area contributed by atoms with Crippen molar-refractivity contribution in [2.24, 2.45) is 0 Å². The Morgan fingerprint density at radius 1 is 1.05 bits per heavy atom. The molecule has 8 rings (SSSR count). The molecule has 0 fully saturated rings. The van der Waals surface area contributed by atoms with Crippen LogP contribution in [0.4, 0.5) is 23.3 Å². The fourth-order valence-electron chi connectivity index (χ4n) is 7.78. The van der Waals surface area contributed by atoms with Crippen LogP contribution in [0.2, 0.25) is 0 Å². The number of aromatic nitrogens is 4. The zero-order chi connectivity index (χ0) is 29.4. The molecule has 226 valence electrons. The molecule has 4 aliphatic carbocycles. The number of nitrogens with one attached hydrogen (secondary N) is 2. The minimum Gasteiger partial charge on any atom is -0.383 e. The van der Waals surface area contributed by atoms with Crippen molar-refractivity contribution in [3.8, 4) is 5.82 Å². The van der Waals surface area contributed by atoms with Gasteiger partial charge in [-0.3, -0.25) is 0 Å². The Labute approximate surface area is 255 Å². The number of fused-ring (bicyclic) bond motifs is 4. The van der Waals surface area contributed by atoms with Crippen LogP contribution in [0.3, 0.4) is 0 Å². The van der Waals surface area contributed by atoms with Crippen LogP contribution in [0.25, 0.3) is 5.82 Å². The van der Waals surface area contributed by atoms with Crippen LogP contribution in [0.5, 0.6) is 0 Å². The number of hydrogen-bond donors (Lipinski definition) is 3. The molecule has 0 saturated heterocycles. The van der Waals surface area contributed by atoms with Crippen LogP contribution in [0.1, 0.15) is 87.6 Å². The number of nitrogen functional groups attached to an aromatic ring is 1. The number of allylic oxidation sites excluding steroid dienone is 4. The van der Waals surface area contributed by atoms with E-state index in [-0.39, 0.29) is 5.41 Å². The highest BCUT2D eigenvalue weighted by Gasteiger charge is 2.38. The Balaban J connectivity index is 1.13. The monoisotopic (exact) mass is 578 g/mol. The molecule has 0 spiro atoms. The Morgan fingerprint density at radius 3 is 2.63 bits per heavy atom. The summed E-state index contributed by atoms with van der Waals surface area (Å²) in [4.78, 5) is 12.4. The third kappa shape index (κ3) is 5.46. The number of aryl methyl sites for hydroxylation is 3. The standard InChI is InChI=1S/C35H46N8/c1-3-20-42(21-4-2)28-11-8-25-7-10-27(22-26(25)9-12-28)38-34-40-33(36)43(41-34)31-23-29(32-30(39-31)6-5-19-37-32)35-16-13-24(14-17-35)15-18-35/h7,10,13-14,16,22-23,28,37H,3-6,8-9,11-12,15,17-21H2,1-2H3,(H3,36,38,40,41)/t28-,35?/m0/s1. The maximum absolute atomic E-state index is 6.49. The van der Waals surface area contributed by atoms with Gasteiger partial charge in [0.2, 0.25) is 11.9 Å². The van der Waals surface area contributed by atoms with E-state index in [0.717, 1.165) is 68.7 Å². The Bertz CT molecular complexity index is 1550. The molecule has 4 N–H and O–H groups in total. The van der Waals surface area contributed by atoms with E-state index in [9.17, 15) is 0 Å². The van der Waals surface area contributed by atoms with Crippen molar-refractivity contribution in [1.29, 1.82) is 0 Å². The van der Waals surface area contributed by atoms with Crippen LogP contribution in [0.15, 0.2) is 48.1 Å². The second-order valence-corrected chi connectivity index (χ2v) is 12.9. The van der Waals surface area contributed by atoms with Gasteiger partial charge in [0.25, 0.3) is 0 Å². The van der Waals surface area contributed by atoms with E-state index < -0.39 is 0 Å². The predicted molar refractivity (Wildman–Crippen MR) is 175 cm³/mol. The molecule has 8 heteroatoms. The maximum Gasteiger partial charge on any atom is 0.248 e. The molecule has 8 nitrogen and oxygen atoms in total. The molecule has 1 aromatic carbocycles. The molecule has 2 aromatic heterocycles. The first-order valence-corrected chi connectivity index (χ1v) is 16.6. The number of pyridine rings is 1. The Hall–Kier alpha value is -3.65. The number of anilines is 4. The van der Waals surface area contributed by atoms with E-state index in [0.29, 0.717) is 17.9 Å². The van der Waals surface area contributed by atoms with E-state index in [1.807, 2.05) is 0 Å². The molecule has 0 radical (unpaired) electrons. The predicted octanol–water partition coefficient (Wildman–Crippen LogP) is 6.63. The van der Waals surface area contributed by atoms with E-state index in [1.165, 1.54) is 66.7 Å². The topological polar surface area (TPSA) is 96.9 Å². The summed E-state index contributed by atoms with van der Waals surface area (Å²) >= 11 is 0. The Morgan fingerprint density at radius 2 is 1.88 bits per heavy atom. The molecule has 1 unspecified atom stereocenters. The van der Waals surface area contributed by atoms with Gasteiger partial charge in [0.1, 0.15) is 0 Å². The zero-order valence-electron chi connectivity index (χ0n) is 25.8. The van der Waals surface area contributed by atoms with Crippen molar-refractivity contribution < 1.29 is 0 Å². The van der Waals surface area contributed by atoms with Crippen molar-refractivity contribution in [1.82, 2.24) is 24.6 Å². The largest absolute Gasteiger partial charge is 0.383 e. The highest BCUT2D eigenvalue weighted by atomic mass is 15.4. The summed E-state index contributed by atoms with van der Waals surface area (Å²) in [6.07, 6.45) is 19.6. The van der Waals surface area contributed by atoms with Crippen LogP contribution < -0.4 is 16.4 Å². The lowest BCUT2D eigenvalue weighted by Crippen LogP contribution is -2.36. The van der Waals surface area contributed by atoms with Gasteiger partial charge in [0.05, 0.1) is 11.4 Å². The number of nitrogens with zero attached hydrogens (tertiary/aromatic N) is 5. The van der Waals surface area contributed by atoms with Crippen LogP contribution >= 0.6 is 0 Å². The molecular weight excluding hydrogens is 532 g/mol. The normalized spacial score (nSPS) is 22.5. The van der Waals surface area contributed by atoms with E-state index in [4.69, 9.17) is 15.8 Å². The Kier molecular flexibility index (Phi) is 7.72. The summed E-state index contributed by atoms with van der Waals surface area (Å²) in [5, 5.41) is 12.0. The van der Waals surface area contributed by atoms with Gasteiger partial charge in [0, 0.05) is 23.7 Å². The minimum atomic E-state index is -0.00471. The second-order valence-electron chi connectivity index (χ2n) is 12.9. The van der Waals surface area contributed by atoms with Crippen molar-refractivity contribution >= 4 is 23.3 Å². The number of hydrogen-bond acceptors (Lipinski definition) is 7. The van der Waals surface area contributed by atoms with Crippen LogP contribution in [-0.2, 0) is 24.7 Å². The number of nitrogens with two attached hydrogens (primary N) is 1. The summed E-state index contributed by atoms with van der Waals surface area (Å²) < 4.78 is 1.71. The maximum atomic E-state index is 6.49. The quantitative estimate of drug-likeness (QED) is 0.245. The number of rotatable bonds is 9. The summed E-state index contributed by atoms with van der Waals surface area (Å²) in [7, 11) is 0. The molecule has 0 saturated carbocycles. The summed E-state index contributed by atoms with van der Waals surface area (Å²) in [5.74, 6) is 1.59. The summed E-state index contributed by atoms with van der Waals surface area (Å²) in [6.45, 7) is 7.97. The van der Waals surface area contributed by atoms with Crippen molar-refractivity contribution in [3.05, 3.63) is 70.5 Å². The first-order chi connectivity index (χ1) is 21.0. The molecule has 0 amide bonds. The second kappa shape index (κ2) is 11.8. The zero-order valence-corrected chi connectivity index (χ0v) is 25.8. The van der Waals surface area contributed by atoms with Crippen LogP contribution in [-0.4, -0.2) is 50.3 Å². The molecule has 2 atom stereocenters. The molecule has 5 aliphatic rings. The van der Waals surface area contributed by atoms with Crippen molar-refractivity contribution in [3.63, 3.8) is 0 Å². The van der Waals surface area contributed by atoms with Gasteiger partial charge < -0.3 is 21.3 Å². The summed E-state index contributed by atoms with van der Waals surface area (Å²) in [6, 6.07) is 9.60. The fourth-order valence-corrected chi connectivity index (χ4v) is 7.78. The summed E-state index contributed by atoms with van der Waals surface area (Å²) in [5.41, 5.74) is 15.5. The van der Waals surface area contributed by atoms with Crippen molar-refractivity contribution in [2.75, 3.05) is 36.0 Å². The van der Waals surface area contributed by atoms with Gasteiger partial charge in [-0.15, -0.1) is 5.10 Å². The fraction of sp³-hybridized carbons (Fsp3) is 0.514. The molecule has 2 bridgehead atoms. The minimum absolute atomic E-state index is 0.00471. The van der Waals surface area contributed by atoms with Gasteiger partial charge in [0.15, 0.2) is 5.82 Å². The lowest BCUT2D eigenvalue weighted by atomic mass is 9.65. The average Bonchev–Trinajstić information content (AvgIpc) is 3.27. The molecule has 43 heavy (non-hydrogen) atoms. The van der Waals surface area contributed by atoms with Gasteiger partial charge in [-0.05, 0) is 119 Å². The number of benzene rings is 1. The third-order valence-corrected chi connectivity index (χ3v) is 10.1. The average molecular weight is 579 g/mol. The van der Waals surface area contributed by atoms with Crippen molar-refractivity contribution in [2.45, 2.75) is 95.9 Å². The van der Waals surface area contributed by atoms with E-state index in [2.05, 4.69) is 76.9 Å². The molecule has 3 aromatic rings. The third-order valence-electron chi connectivity index (χ3n) is 10.1. The van der Waals surface area contributed by atoms with Gasteiger partial charge in [-0.25, -0.2) is 4.98 Å². The highest BCUT2D eigenvalue weighted by Crippen LogP contribution is 2.48. The van der Waals surface area contributed by atoms with E-state index >= 15 is 0 Å². The first-order valence-electron chi connectivity index (χ1n) is 16.6. The lowest BCUT2D eigenvalue weighted by Gasteiger charge is -2.40. The molecule has 1 aliphatic heterocycles. The van der Waals surface area contributed by atoms with Gasteiger partial charge in [-0.1, -0.05) is 43.7 Å². The lowest BCUT2D eigenvalue weighted by molar-refractivity contribution is 0.180. The van der Waals surface area contributed by atoms with E-state index in [1.54, 1.807) is 4.68 Å². The SMILES string of the molecule is CCCN(CCC)[C@H]1CCc2ccc(Nc3nc(N)n(-c4cc(C56C=CC(=CC5)CC6)c5c(n4)CCCN5)n3)cc2CC1. The smallest absolute Gasteiger partial charge is 0.248 e. The highest BCUT2D eigenvalue weighted by molar-refractivity contribution is 5.65. The van der Waals surface area contributed by atoms with Gasteiger partial charge in [-0.2, -0.15) is 9.67 Å². The van der Waals surface area contributed by atoms with Crippen LogP contribution in [0, 0.1) is 0 Å².